The summed E-state index contributed by atoms with van der Waals surface area (Å²) in [5.41, 5.74) is 2.55. The molecule has 0 aliphatic carbocycles. The van der Waals surface area contributed by atoms with Gasteiger partial charge in [0, 0.05) is 18.2 Å². The molecule has 1 aromatic rings. The molecule has 0 atom stereocenters. The minimum absolute atomic E-state index is 0.525. The van der Waals surface area contributed by atoms with E-state index in [0.29, 0.717) is 12.0 Å². The number of furan rings is 1. The van der Waals surface area contributed by atoms with Crippen molar-refractivity contribution in [2.75, 3.05) is 6.54 Å². The van der Waals surface area contributed by atoms with Crippen LogP contribution in [0, 0.1) is 5.92 Å². The molecule has 0 saturated carbocycles. The third kappa shape index (κ3) is 4.34. The van der Waals surface area contributed by atoms with E-state index in [0.717, 1.165) is 12.1 Å². The van der Waals surface area contributed by atoms with Crippen molar-refractivity contribution < 1.29 is 4.42 Å². The van der Waals surface area contributed by atoms with Gasteiger partial charge in [0.05, 0.1) is 12.5 Å². The number of hydrogen-bond donors (Lipinski definition) is 1. The molecule has 0 radical (unpaired) electrons. The largest absolute Gasteiger partial charge is 0.472 e. The summed E-state index contributed by atoms with van der Waals surface area (Å²) in [7, 11) is 0. The number of rotatable bonds is 5. The SMILES string of the molecule is CC(C)NCC(=Cc1ccoc1)C(C)C. The second kappa shape index (κ2) is 5.76. The van der Waals surface area contributed by atoms with E-state index in [2.05, 4.69) is 39.1 Å². The van der Waals surface area contributed by atoms with Crippen molar-refractivity contribution in [3.63, 3.8) is 0 Å². The van der Waals surface area contributed by atoms with Crippen LogP contribution < -0.4 is 5.32 Å². The van der Waals surface area contributed by atoms with Gasteiger partial charge in [-0.05, 0) is 12.0 Å². The van der Waals surface area contributed by atoms with Gasteiger partial charge in [-0.15, -0.1) is 0 Å². The third-order valence-electron chi connectivity index (χ3n) is 2.35. The molecule has 15 heavy (non-hydrogen) atoms. The molecule has 1 aromatic heterocycles. The Kier molecular flexibility index (Phi) is 4.63. The molecule has 84 valence electrons. The zero-order valence-corrected chi connectivity index (χ0v) is 10.1. The molecule has 0 bridgehead atoms. The first-order valence-corrected chi connectivity index (χ1v) is 5.55. The fourth-order valence-corrected chi connectivity index (χ4v) is 1.31. The minimum Gasteiger partial charge on any atom is -0.472 e. The summed E-state index contributed by atoms with van der Waals surface area (Å²) >= 11 is 0. The molecule has 0 aliphatic heterocycles. The predicted octanol–water partition coefficient (Wildman–Crippen LogP) is 3.32. The fourth-order valence-electron chi connectivity index (χ4n) is 1.31. The fraction of sp³-hybridized carbons (Fsp3) is 0.538. The van der Waals surface area contributed by atoms with Crippen LogP contribution >= 0.6 is 0 Å². The number of hydrogen-bond acceptors (Lipinski definition) is 2. The van der Waals surface area contributed by atoms with Crippen molar-refractivity contribution in [2.24, 2.45) is 5.92 Å². The second-order valence-electron chi connectivity index (χ2n) is 4.47. The van der Waals surface area contributed by atoms with Crippen LogP contribution in [-0.4, -0.2) is 12.6 Å². The van der Waals surface area contributed by atoms with Crippen LogP contribution in [0.5, 0.6) is 0 Å². The molecule has 0 aromatic carbocycles. The van der Waals surface area contributed by atoms with Crippen molar-refractivity contribution >= 4 is 6.08 Å². The van der Waals surface area contributed by atoms with Crippen molar-refractivity contribution in [1.29, 1.82) is 0 Å². The molecule has 0 saturated heterocycles. The monoisotopic (exact) mass is 207 g/mol. The van der Waals surface area contributed by atoms with Crippen molar-refractivity contribution in [2.45, 2.75) is 33.7 Å². The number of nitrogens with one attached hydrogen (secondary N) is 1. The van der Waals surface area contributed by atoms with E-state index in [9.17, 15) is 0 Å². The Morgan fingerprint density at radius 3 is 2.60 bits per heavy atom. The smallest absolute Gasteiger partial charge is 0.0974 e. The van der Waals surface area contributed by atoms with Crippen LogP contribution in [0.1, 0.15) is 33.3 Å². The highest BCUT2D eigenvalue weighted by atomic mass is 16.3. The first-order chi connectivity index (χ1) is 7.09. The Hall–Kier alpha value is -1.02. The highest BCUT2D eigenvalue weighted by Gasteiger charge is 2.04. The van der Waals surface area contributed by atoms with Crippen LogP contribution in [0.3, 0.4) is 0 Å². The molecule has 0 fully saturated rings. The topological polar surface area (TPSA) is 25.2 Å². The summed E-state index contributed by atoms with van der Waals surface area (Å²) in [5, 5.41) is 3.44. The highest BCUT2D eigenvalue weighted by molar-refractivity contribution is 5.52. The van der Waals surface area contributed by atoms with Gasteiger partial charge in [-0.3, -0.25) is 0 Å². The van der Waals surface area contributed by atoms with E-state index < -0.39 is 0 Å². The molecule has 2 heteroatoms. The maximum atomic E-state index is 5.06. The summed E-state index contributed by atoms with van der Waals surface area (Å²) in [6.45, 7) is 9.70. The quantitative estimate of drug-likeness (QED) is 0.801. The van der Waals surface area contributed by atoms with Crippen LogP contribution in [0.4, 0.5) is 0 Å². The zero-order valence-electron chi connectivity index (χ0n) is 10.1. The van der Waals surface area contributed by atoms with Gasteiger partial charge < -0.3 is 9.73 Å². The molecule has 1 heterocycles. The lowest BCUT2D eigenvalue weighted by molar-refractivity contribution is 0.566. The standard InChI is InChI=1S/C13H21NO/c1-10(2)13(8-14-11(3)4)7-12-5-6-15-9-12/h5-7,9-11,14H,8H2,1-4H3. The molecule has 1 rings (SSSR count). The lowest BCUT2D eigenvalue weighted by atomic mass is 10.0. The normalized spacial score (nSPS) is 12.8. The average molecular weight is 207 g/mol. The van der Waals surface area contributed by atoms with Gasteiger partial charge in [0.15, 0.2) is 0 Å². The maximum Gasteiger partial charge on any atom is 0.0974 e. The molecular weight excluding hydrogens is 186 g/mol. The Morgan fingerprint density at radius 2 is 2.13 bits per heavy atom. The van der Waals surface area contributed by atoms with Crippen molar-refractivity contribution in [3.8, 4) is 0 Å². The lowest BCUT2D eigenvalue weighted by Gasteiger charge is -2.14. The Balaban J connectivity index is 2.65. The molecule has 0 spiro atoms. The van der Waals surface area contributed by atoms with Gasteiger partial charge in [-0.25, -0.2) is 0 Å². The molecular formula is C13H21NO. The molecule has 1 N–H and O–H groups in total. The minimum atomic E-state index is 0.525. The first-order valence-electron chi connectivity index (χ1n) is 5.55. The van der Waals surface area contributed by atoms with Gasteiger partial charge in [-0.2, -0.15) is 0 Å². The van der Waals surface area contributed by atoms with E-state index >= 15 is 0 Å². The average Bonchev–Trinajstić information content (AvgIpc) is 2.63. The first kappa shape index (κ1) is 12.1. The molecule has 2 nitrogen and oxygen atoms in total. The Bertz CT molecular complexity index is 296. The summed E-state index contributed by atoms with van der Waals surface area (Å²) in [6, 6.07) is 2.51. The van der Waals surface area contributed by atoms with Crippen LogP contribution in [0.25, 0.3) is 6.08 Å². The lowest BCUT2D eigenvalue weighted by Crippen LogP contribution is -2.26. The summed E-state index contributed by atoms with van der Waals surface area (Å²) < 4.78 is 5.06. The van der Waals surface area contributed by atoms with Crippen LogP contribution in [0.15, 0.2) is 28.6 Å². The van der Waals surface area contributed by atoms with Gasteiger partial charge >= 0.3 is 0 Å². The molecule has 0 aliphatic rings. The van der Waals surface area contributed by atoms with Crippen LogP contribution in [-0.2, 0) is 0 Å². The van der Waals surface area contributed by atoms with Crippen LogP contribution in [0.2, 0.25) is 0 Å². The van der Waals surface area contributed by atoms with E-state index in [1.54, 1.807) is 12.5 Å². The van der Waals surface area contributed by atoms with Gasteiger partial charge in [0.25, 0.3) is 0 Å². The summed E-state index contributed by atoms with van der Waals surface area (Å²) in [4.78, 5) is 0. The van der Waals surface area contributed by atoms with Crippen molar-refractivity contribution in [3.05, 3.63) is 29.7 Å². The molecule has 0 amide bonds. The van der Waals surface area contributed by atoms with E-state index in [1.807, 2.05) is 6.07 Å². The predicted molar refractivity (Wildman–Crippen MR) is 64.7 cm³/mol. The van der Waals surface area contributed by atoms with E-state index in [-0.39, 0.29) is 0 Å². The van der Waals surface area contributed by atoms with Crippen molar-refractivity contribution in [1.82, 2.24) is 5.32 Å². The van der Waals surface area contributed by atoms with E-state index in [1.165, 1.54) is 5.57 Å². The Labute approximate surface area is 92.4 Å². The summed E-state index contributed by atoms with van der Waals surface area (Å²) in [6.07, 6.45) is 5.68. The second-order valence-corrected chi connectivity index (χ2v) is 4.47. The van der Waals surface area contributed by atoms with E-state index in [4.69, 9.17) is 4.42 Å². The molecule has 0 unspecified atom stereocenters. The summed E-state index contributed by atoms with van der Waals surface area (Å²) in [5.74, 6) is 0.561. The van der Waals surface area contributed by atoms with Gasteiger partial charge in [0.1, 0.15) is 0 Å². The maximum absolute atomic E-state index is 5.06. The van der Waals surface area contributed by atoms with Gasteiger partial charge in [0.2, 0.25) is 0 Å². The third-order valence-corrected chi connectivity index (χ3v) is 2.35. The Morgan fingerprint density at radius 1 is 1.40 bits per heavy atom. The highest BCUT2D eigenvalue weighted by Crippen LogP contribution is 2.14. The zero-order chi connectivity index (χ0) is 11.3. The van der Waals surface area contributed by atoms with Gasteiger partial charge in [-0.1, -0.05) is 39.3 Å².